The molecule has 1 aromatic carbocycles. The van der Waals surface area contributed by atoms with Gasteiger partial charge in [-0.3, -0.25) is 9.59 Å². The molecule has 1 aliphatic heterocycles. The summed E-state index contributed by atoms with van der Waals surface area (Å²) in [4.78, 5) is 25.7. The maximum absolute atomic E-state index is 12.7. The van der Waals surface area contributed by atoms with Crippen LogP contribution in [0.25, 0.3) is 0 Å². The van der Waals surface area contributed by atoms with Crippen molar-refractivity contribution in [3.8, 4) is 0 Å². The Balaban J connectivity index is 1.79. The second kappa shape index (κ2) is 6.11. The molecular weight excluding hydrogens is 278 g/mol. The smallest absolute Gasteiger partial charge is 0.308 e. The first-order valence-corrected chi connectivity index (χ1v) is 8.18. The van der Waals surface area contributed by atoms with Gasteiger partial charge in [0.15, 0.2) is 0 Å². The number of nitrogens with zero attached hydrogens (tertiary/aromatic N) is 1. The number of likely N-dealkylation sites (tertiary alicyclic amines) is 1. The van der Waals surface area contributed by atoms with Crippen LogP contribution in [0.1, 0.15) is 47.7 Å². The molecule has 22 heavy (non-hydrogen) atoms. The van der Waals surface area contributed by atoms with Gasteiger partial charge in [-0.25, -0.2) is 0 Å². The van der Waals surface area contributed by atoms with E-state index in [9.17, 15) is 14.7 Å². The Morgan fingerprint density at radius 3 is 2.59 bits per heavy atom. The molecule has 2 aliphatic rings. The molecule has 1 aromatic rings. The van der Waals surface area contributed by atoms with E-state index in [1.807, 2.05) is 19.1 Å². The molecule has 0 saturated carbocycles. The van der Waals surface area contributed by atoms with Gasteiger partial charge in [0.1, 0.15) is 0 Å². The zero-order valence-corrected chi connectivity index (χ0v) is 13.0. The lowest BCUT2D eigenvalue weighted by Gasteiger charge is -2.35. The van der Waals surface area contributed by atoms with Crippen LogP contribution in [0.5, 0.6) is 0 Å². The van der Waals surface area contributed by atoms with E-state index in [1.165, 1.54) is 24.0 Å². The SMILES string of the molecule is CC1CC(C(=O)O)CN(C(=O)c2ccc3c(c2)CCCC3)C1. The first-order valence-electron chi connectivity index (χ1n) is 8.18. The van der Waals surface area contributed by atoms with E-state index in [0.29, 0.717) is 25.1 Å². The molecule has 1 N–H and O–H groups in total. The molecule has 1 aliphatic carbocycles. The Kier molecular flexibility index (Phi) is 4.19. The highest BCUT2D eigenvalue weighted by atomic mass is 16.4. The Hall–Kier alpha value is -1.84. The van der Waals surface area contributed by atoms with Crippen LogP contribution >= 0.6 is 0 Å². The van der Waals surface area contributed by atoms with Crippen LogP contribution in [-0.2, 0) is 17.6 Å². The normalized spacial score (nSPS) is 24.7. The number of carboxylic acid groups (broad SMARTS) is 1. The van der Waals surface area contributed by atoms with Gasteiger partial charge in [0.2, 0.25) is 0 Å². The summed E-state index contributed by atoms with van der Waals surface area (Å²) in [7, 11) is 0. The molecule has 1 heterocycles. The van der Waals surface area contributed by atoms with Gasteiger partial charge in [0, 0.05) is 18.7 Å². The Morgan fingerprint density at radius 1 is 1.14 bits per heavy atom. The number of carbonyl (C=O) groups is 2. The maximum Gasteiger partial charge on any atom is 0.308 e. The first-order chi connectivity index (χ1) is 10.5. The van der Waals surface area contributed by atoms with Crippen LogP contribution in [0.15, 0.2) is 18.2 Å². The van der Waals surface area contributed by atoms with Crippen LogP contribution in [0, 0.1) is 11.8 Å². The fourth-order valence-corrected chi connectivity index (χ4v) is 3.75. The molecule has 0 spiro atoms. The average Bonchev–Trinajstić information content (AvgIpc) is 2.53. The summed E-state index contributed by atoms with van der Waals surface area (Å²) in [5.74, 6) is -1.03. The number of amides is 1. The van der Waals surface area contributed by atoms with Gasteiger partial charge in [-0.2, -0.15) is 0 Å². The first kappa shape index (κ1) is 15.1. The van der Waals surface area contributed by atoms with Crippen LogP contribution in [0.2, 0.25) is 0 Å². The van der Waals surface area contributed by atoms with Crippen LogP contribution in [0.4, 0.5) is 0 Å². The Bertz CT molecular complexity index is 596. The molecular formula is C18H23NO3. The van der Waals surface area contributed by atoms with Crippen molar-refractivity contribution in [2.45, 2.75) is 39.0 Å². The second-order valence-corrected chi connectivity index (χ2v) is 6.78. The number of aliphatic carboxylic acids is 1. The van der Waals surface area contributed by atoms with E-state index in [1.54, 1.807) is 4.90 Å². The third kappa shape index (κ3) is 3.01. The van der Waals surface area contributed by atoms with E-state index < -0.39 is 11.9 Å². The molecule has 2 unspecified atom stereocenters. The molecule has 2 atom stereocenters. The lowest BCUT2D eigenvalue weighted by Crippen LogP contribution is -2.45. The van der Waals surface area contributed by atoms with Crippen LogP contribution in [0.3, 0.4) is 0 Å². The predicted octanol–water partition coefficient (Wildman–Crippen LogP) is 2.75. The van der Waals surface area contributed by atoms with Crippen LogP contribution < -0.4 is 0 Å². The summed E-state index contributed by atoms with van der Waals surface area (Å²) >= 11 is 0. The molecule has 118 valence electrons. The van der Waals surface area contributed by atoms with Crippen molar-refractivity contribution in [1.82, 2.24) is 4.90 Å². The minimum atomic E-state index is -0.796. The summed E-state index contributed by atoms with van der Waals surface area (Å²) in [5, 5.41) is 9.25. The quantitative estimate of drug-likeness (QED) is 0.914. The van der Waals surface area contributed by atoms with E-state index in [0.717, 1.165) is 12.8 Å². The maximum atomic E-state index is 12.7. The number of carboxylic acids is 1. The number of aryl methyl sites for hydroxylation is 2. The molecule has 0 aromatic heterocycles. The highest BCUT2D eigenvalue weighted by Gasteiger charge is 2.32. The van der Waals surface area contributed by atoms with Crippen molar-refractivity contribution in [3.05, 3.63) is 34.9 Å². The van der Waals surface area contributed by atoms with Crippen molar-refractivity contribution < 1.29 is 14.7 Å². The summed E-state index contributed by atoms with van der Waals surface area (Å²) in [6, 6.07) is 6.00. The van der Waals surface area contributed by atoms with Gasteiger partial charge in [0.25, 0.3) is 5.91 Å². The van der Waals surface area contributed by atoms with E-state index in [-0.39, 0.29) is 11.8 Å². The van der Waals surface area contributed by atoms with Gasteiger partial charge in [-0.15, -0.1) is 0 Å². The summed E-state index contributed by atoms with van der Waals surface area (Å²) in [5.41, 5.74) is 3.36. The van der Waals surface area contributed by atoms with E-state index >= 15 is 0 Å². The number of hydrogen-bond donors (Lipinski definition) is 1. The number of hydrogen-bond acceptors (Lipinski definition) is 2. The van der Waals surface area contributed by atoms with Crippen molar-refractivity contribution in [1.29, 1.82) is 0 Å². The van der Waals surface area contributed by atoms with Crippen molar-refractivity contribution in [2.24, 2.45) is 11.8 Å². The third-order valence-electron chi connectivity index (χ3n) is 4.89. The van der Waals surface area contributed by atoms with E-state index in [4.69, 9.17) is 0 Å². The largest absolute Gasteiger partial charge is 0.481 e. The fraction of sp³-hybridized carbons (Fsp3) is 0.556. The topological polar surface area (TPSA) is 57.6 Å². The molecule has 1 amide bonds. The zero-order valence-electron chi connectivity index (χ0n) is 13.0. The minimum absolute atomic E-state index is 0.0221. The monoisotopic (exact) mass is 301 g/mol. The average molecular weight is 301 g/mol. The molecule has 0 bridgehead atoms. The second-order valence-electron chi connectivity index (χ2n) is 6.78. The molecule has 0 radical (unpaired) electrons. The highest BCUT2D eigenvalue weighted by molar-refractivity contribution is 5.95. The van der Waals surface area contributed by atoms with Crippen molar-refractivity contribution in [3.63, 3.8) is 0 Å². The highest BCUT2D eigenvalue weighted by Crippen LogP contribution is 2.26. The van der Waals surface area contributed by atoms with Crippen molar-refractivity contribution in [2.75, 3.05) is 13.1 Å². The van der Waals surface area contributed by atoms with Crippen LogP contribution in [-0.4, -0.2) is 35.0 Å². The number of fused-ring (bicyclic) bond motifs is 1. The standard InChI is InChI=1S/C18H23NO3/c1-12-8-16(18(21)22)11-19(10-12)17(20)15-7-6-13-4-2-3-5-14(13)9-15/h6-7,9,12,16H,2-5,8,10-11H2,1H3,(H,21,22). The van der Waals surface area contributed by atoms with Crippen molar-refractivity contribution >= 4 is 11.9 Å². The third-order valence-corrected chi connectivity index (χ3v) is 4.89. The fourth-order valence-electron chi connectivity index (χ4n) is 3.75. The molecule has 1 saturated heterocycles. The Morgan fingerprint density at radius 2 is 1.86 bits per heavy atom. The number of rotatable bonds is 2. The van der Waals surface area contributed by atoms with Gasteiger partial charge in [-0.05, 0) is 61.3 Å². The van der Waals surface area contributed by atoms with Gasteiger partial charge in [0.05, 0.1) is 5.92 Å². The molecule has 4 heteroatoms. The minimum Gasteiger partial charge on any atom is -0.481 e. The Labute approximate surface area is 131 Å². The lowest BCUT2D eigenvalue weighted by atomic mass is 9.88. The summed E-state index contributed by atoms with van der Waals surface area (Å²) < 4.78 is 0. The molecule has 3 rings (SSSR count). The zero-order chi connectivity index (χ0) is 15.7. The number of piperidine rings is 1. The molecule has 1 fully saturated rings. The summed E-state index contributed by atoms with van der Waals surface area (Å²) in [6.07, 6.45) is 5.22. The van der Waals surface area contributed by atoms with Gasteiger partial charge in [-0.1, -0.05) is 13.0 Å². The molecule has 4 nitrogen and oxygen atoms in total. The number of carbonyl (C=O) groups excluding carboxylic acids is 1. The van der Waals surface area contributed by atoms with Gasteiger partial charge >= 0.3 is 5.97 Å². The van der Waals surface area contributed by atoms with Gasteiger partial charge < -0.3 is 10.0 Å². The lowest BCUT2D eigenvalue weighted by molar-refractivity contribution is -0.143. The number of benzene rings is 1. The predicted molar refractivity (Wildman–Crippen MR) is 83.9 cm³/mol. The summed E-state index contributed by atoms with van der Waals surface area (Å²) in [6.45, 7) is 3.00. The van der Waals surface area contributed by atoms with E-state index in [2.05, 4.69) is 6.07 Å².